The van der Waals surface area contributed by atoms with E-state index < -0.39 is 0 Å². The summed E-state index contributed by atoms with van der Waals surface area (Å²) in [5.74, 6) is 0.168. The normalized spacial score (nSPS) is 25.1. The zero-order valence-electron chi connectivity index (χ0n) is 11.8. The van der Waals surface area contributed by atoms with Crippen LogP contribution in [0.1, 0.15) is 12.0 Å². The van der Waals surface area contributed by atoms with Gasteiger partial charge in [-0.25, -0.2) is 0 Å². The summed E-state index contributed by atoms with van der Waals surface area (Å²) in [5.41, 5.74) is 7.38. The minimum absolute atomic E-state index is 0.168. The van der Waals surface area contributed by atoms with Gasteiger partial charge >= 0.3 is 0 Å². The molecule has 5 heteroatoms. The van der Waals surface area contributed by atoms with Gasteiger partial charge in [-0.2, -0.15) is 0 Å². The van der Waals surface area contributed by atoms with Gasteiger partial charge < -0.3 is 15.6 Å². The number of morpholine rings is 1. The molecule has 3 N–H and O–H groups in total. The Bertz CT molecular complexity index is 460. The van der Waals surface area contributed by atoms with Gasteiger partial charge in [0.25, 0.3) is 0 Å². The predicted molar refractivity (Wildman–Crippen MR) is 78.6 cm³/mol. The van der Waals surface area contributed by atoms with Crippen LogP contribution in [-0.4, -0.2) is 60.3 Å². The molecule has 5 nitrogen and oxygen atoms in total. The van der Waals surface area contributed by atoms with E-state index in [1.807, 2.05) is 12.1 Å². The third-order valence-corrected chi connectivity index (χ3v) is 4.31. The molecule has 2 aliphatic heterocycles. The summed E-state index contributed by atoms with van der Waals surface area (Å²) in [6.45, 7) is 7.00. The molecule has 110 valence electrons. The van der Waals surface area contributed by atoms with Gasteiger partial charge in [0.05, 0.1) is 18.9 Å². The number of aromatic hydroxyl groups is 1. The van der Waals surface area contributed by atoms with E-state index in [4.69, 9.17) is 10.5 Å². The van der Waals surface area contributed by atoms with Gasteiger partial charge in [0.15, 0.2) is 0 Å². The van der Waals surface area contributed by atoms with Gasteiger partial charge in [-0.1, -0.05) is 6.07 Å². The molecule has 1 unspecified atom stereocenters. The van der Waals surface area contributed by atoms with Crippen LogP contribution >= 0.6 is 0 Å². The summed E-state index contributed by atoms with van der Waals surface area (Å²) in [6, 6.07) is 6.17. The number of nitrogens with zero attached hydrogens (tertiary/aromatic N) is 2. The molecule has 2 fully saturated rings. The standard InChI is InChI=1S/C15H23N3O2/c16-14-9-12(1-2-15(14)19)10-17-4-3-13(11-17)18-5-7-20-8-6-18/h1-2,9,13,19H,3-8,10-11,16H2. The highest BCUT2D eigenvalue weighted by atomic mass is 16.5. The molecule has 0 aliphatic carbocycles. The van der Waals surface area contributed by atoms with Crippen molar-refractivity contribution in [2.45, 2.75) is 19.0 Å². The second kappa shape index (κ2) is 5.99. The van der Waals surface area contributed by atoms with Crippen molar-refractivity contribution in [3.05, 3.63) is 23.8 Å². The Hall–Kier alpha value is -1.30. The molecule has 2 saturated heterocycles. The monoisotopic (exact) mass is 277 g/mol. The molecule has 1 aromatic rings. The summed E-state index contributed by atoms with van der Waals surface area (Å²) in [6.07, 6.45) is 1.23. The van der Waals surface area contributed by atoms with Crippen LogP contribution < -0.4 is 5.73 Å². The van der Waals surface area contributed by atoms with Crippen LogP contribution in [0.15, 0.2) is 18.2 Å². The first-order valence-electron chi connectivity index (χ1n) is 7.34. The smallest absolute Gasteiger partial charge is 0.138 e. The summed E-state index contributed by atoms with van der Waals surface area (Å²) >= 11 is 0. The van der Waals surface area contributed by atoms with Crippen molar-refractivity contribution in [1.29, 1.82) is 0 Å². The third kappa shape index (κ3) is 3.06. The van der Waals surface area contributed by atoms with Gasteiger partial charge in [-0.3, -0.25) is 9.80 Å². The molecule has 2 heterocycles. The lowest BCUT2D eigenvalue weighted by Crippen LogP contribution is -2.44. The van der Waals surface area contributed by atoms with Crippen molar-refractivity contribution in [1.82, 2.24) is 9.80 Å². The zero-order chi connectivity index (χ0) is 13.9. The first-order valence-corrected chi connectivity index (χ1v) is 7.34. The minimum Gasteiger partial charge on any atom is -0.506 e. The van der Waals surface area contributed by atoms with E-state index in [-0.39, 0.29) is 5.75 Å². The first kappa shape index (κ1) is 13.7. The van der Waals surface area contributed by atoms with Crippen molar-refractivity contribution >= 4 is 5.69 Å². The first-order chi connectivity index (χ1) is 9.72. The van der Waals surface area contributed by atoms with Crippen LogP contribution in [0.2, 0.25) is 0 Å². The van der Waals surface area contributed by atoms with Crippen molar-refractivity contribution in [3.8, 4) is 5.75 Å². The van der Waals surface area contributed by atoms with Crippen LogP contribution in [-0.2, 0) is 11.3 Å². The van der Waals surface area contributed by atoms with Crippen molar-refractivity contribution in [2.24, 2.45) is 0 Å². The van der Waals surface area contributed by atoms with Gasteiger partial charge in [0.2, 0.25) is 0 Å². The zero-order valence-corrected chi connectivity index (χ0v) is 11.8. The fraction of sp³-hybridized carbons (Fsp3) is 0.600. The van der Waals surface area contributed by atoms with Gasteiger partial charge in [0, 0.05) is 38.8 Å². The predicted octanol–water partition coefficient (Wildman–Crippen LogP) is 0.881. The molecule has 0 aromatic heterocycles. The SMILES string of the molecule is Nc1cc(CN2CCC(N3CCOCC3)C2)ccc1O. The Morgan fingerprint density at radius 1 is 1.25 bits per heavy atom. The molecule has 0 amide bonds. The summed E-state index contributed by atoms with van der Waals surface area (Å²) in [7, 11) is 0. The molecule has 1 atom stereocenters. The van der Waals surface area contributed by atoms with Crippen LogP contribution in [0.25, 0.3) is 0 Å². The van der Waals surface area contributed by atoms with Gasteiger partial charge in [-0.05, 0) is 24.1 Å². The summed E-state index contributed by atoms with van der Waals surface area (Å²) < 4.78 is 5.41. The molecule has 20 heavy (non-hydrogen) atoms. The Morgan fingerprint density at radius 2 is 2.05 bits per heavy atom. The fourth-order valence-corrected chi connectivity index (χ4v) is 3.16. The van der Waals surface area contributed by atoms with E-state index in [1.54, 1.807) is 6.07 Å². The number of anilines is 1. The molecule has 2 aliphatic rings. The Labute approximate surface area is 119 Å². The van der Waals surface area contributed by atoms with Crippen molar-refractivity contribution in [2.75, 3.05) is 45.1 Å². The number of hydrogen-bond donors (Lipinski definition) is 2. The number of likely N-dealkylation sites (tertiary alicyclic amines) is 1. The van der Waals surface area contributed by atoms with Crippen molar-refractivity contribution < 1.29 is 9.84 Å². The fourth-order valence-electron chi connectivity index (χ4n) is 3.16. The average molecular weight is 277 g/mol. The van der Waals surface area contributed by atoms with E-state index in [0.29, 0.717) is 11.7 Å². The number of phenols is 1. The maximum absolute atomic E-state index is 9.46. The molecular weight excluding hydrogens is 254 g/mol. The number of ether oxygens (including phenoxy) is 1. The molecular formula is C15H23N3O2. The minimum atomic E-state index is 0.168. The highest BCUT2D eigenvalue weighted by molar-refractivity contribution is 5.53. The molecule has 0 bridgehead atoms. The summed E-state index contributed by atoms with van der Waals surface area (Å²) in [5, 5.41) is 9.46. The van der Waals surface area contributed by atoms with Crippen LogP contribution in [0.4, 0.5) is 5.69 Å². The third-order valence-electron chi connectivity index (χ3n) is 4.31. The second-order valence-electron chi connectivity index (χ2n) is 5.72. The van der Waals surface area contributed by atoms with E-state index >= 15 is 0 Å². The highest BCUT2D eigenvalue weighted by Crippen LogP contribution is 2.23. The van der Waals surface area contributed by atoms with Gasteiger partial charge in [-0.15, -0.1) is 0 Å². The maximum atomic E-state index is 9.46. The molecule has 0 spiro atoms. The lowest BCUT2D eigenvalue weighted by atomic mass is 10.2. The van der Waals surface area contributed by atoms with Crippen molar-refractivity contribution in [3.63, 3.8) is 0 Å². The Kier molecular flexibility index (Phi) is 4.10. The number of nitrogen functional groups attached to an aromatic ring is 1. The quantitative estimate of drug-likeness (QED) is 0.634. The van der Waals surface area contributed by atoms with E-state index in [9.17, 15) is 5.11 Å². The van der Waals surface area contributed by atoms with Crippen LogP contribution in [0.3, 0.4) is 0 Å². The molecule has 0 saturated carbocycles. The lowest BCUT2D eigenvalue weighted by molar-refractivity contribution is 0.0184. The molecule has 1 aromatic carbocycles. The number of nitrogens with two attached hydrogens (primary N) is 1. The number of phenolic OH excluding ortho intramolecular Hbond substituents is 1. The highest BCUT2D eigenvalue weighted by Gasteiger charge is 2.28. The van der Waals surface area contributed by atoms with Gasteiger partial charge in [0.1, 0.15) is 5.75 Å². The van der Waals surface area contributed by atoms with E-state index in [2.05, 4.69) is 9.80 Å². The van der Waals surface area contributed by atoms with E-state index in [1.165, 1.54) is 12.0 Å². The second-order valence-corrected chi connectivity index (χ2v) is 5.72. The average Bonchev–Trinajstić information content (AvgIpc) is 2.92. The topological polar surface area (TPSA) is 62.0 Å². The Balaban J connectivity index is 1.55. The number of benzene rings is 1. The Morgan fingerprint density at radius 3 is 2.80 bits per heavy atom. The number of hydrogen-bond acceptors (Lipinski definition) is 5. The van der Waals surface area contributed by atoms with Crippen LogP contribution in [0.5, 0.6) is 5.75 Å². The summed E-state index contributed by atoms with van der Waals surface area (Å²) in [4.78, 5) is 5.01. The van der Waals surface area contributed by atoms with Crippen LogP contribution in [0, 0.1) is 0 Å². The molecule has 3 rings (SSSR count). The largest absolute Gasteiger partial charge is 0.506 e. The number of rotatable bonds is 3. The van der Waals surface area contributed by atoms with E-state index in [0.717, 1.165) is 45.9 Å². The maximum Gasteiger partial charge on any atom is 0.138 e. The lowest BCUT2D eigenvalue weighted by Gasteiger charge is -2.32. The molecule has 0 radical (unpaired) electrons.